The standard InChI is InChI=1S/C41H73N2O7P/c1-6-8-10-12-14-15-16-17-19-22-26-30-38(44)37(36-49-51(46,47)48-35-34-43(3,4)5)42-41(45)33-29-25-21-18-20-24-28-32-40-39(50-40)31-27-23-13-11-9-7-2/h16-18,21,23-24,26-28,30,37-40,44H,6-15,19-20,22,25,29,31-36H2,1-5H3,(H-,42,45,46,47)/b17-16-,21-18-,27-23-,28-24-,30-26+/t37-,38+,39?,40?/m0/s1. The fraction of sp³-hybridized carbons (Fsp3) is 0.732. The van der Waals surface area contributed by atoms with Crippen LogP contribution >= 0.6 is 7.82 Å². The number of allylic oxidation sites excluding steroid dienone is 7. The SMILES string of the molecule is CCCCC/C=C\CC1OC1C/C=C\C/C=C\CCCC(=O)N[C@@H](COP(=O)([O-])OCC[N+](C)(C)C)[C@H](O)/C=C/CC/C=C\CCCCCCC. The van der Waals surface area contributed by atoms with Gasteiger partial charge in [0.15, 0.2) is 0 Å². The average molecular weight is 737 g/mol. The number of nitrogens with one attached hydrogen (secondary N) is 1. The molecular formula is C41H73N2O7P. The van der Waals surface area contributed by atoms with E-state index in [9.17, 15) is 19.4 Å². The number of unbranched alkanes of at least 4 members (excludes halogenated alkanes) is 10. The number of aliphatic hydroxyl groups is 1. The van der Waals surface area contributed by atoms with Crippen molar-refractivity contribution in [2.24, 2.45) is 0 Å². The van der Waals surface area contributed by atoms with Gasteiger partial charge in [0.25, 0.3) is 7.82 Å². The van der Waals surface area contributed by atoms with Crippen molar-refractivity contribution in [3.8, 4) is 0 Å². The summed E-state index contributed by atoms with van der Waals surface area (Å²) in [5.74, 6) is -0.271. The fourth-order valence-electron chi connectivity index (χ4n) is 5.26. The Hall–Kier alpha value is -1.84. The van der Waals surface area contributed by atoms with E-state index in [0.717, 1.165) is 51.4 Å². The van der Waals surface area contributed by atoms with E-state index in [4.69, 9.17) is 13.8 Å². The van der Waals surface area contributed by atoms with E-state index in [-0.39, 0.29) is 18.9 Å². The van der Waals surface area contributed by atoms with Crippen LogP contribution in [0.5, 0.6) is 0 Å². The summed E-state index contributed by atoms with van der Waals surface area (Å²) in [5.41, 5.74) is 0. The van der Waals surface area contributed by atoms with Gasteiger partial charge in [0, 0.05) is 6.42 Å². The molecule has 1 aliphatic heterocycles. The summed E-state index contributed by atoms with van der Waals surface area (Å²) >= 11 is 0. The van der Waals surface area contributed by atoms with Gasteiger partial charge < -0.3 is 33.6 Å². The number of hydrogen-bond donors (Lipinski definition) is 2. The number of carbonyl (C=O) groups excluding carboxylic acids is 1. The maximum absolute atomic E-state index is 12.8. The molecule has 0 aromatic carbocycles. The van der Waals surface area contributed by atoms with Crippen molar-refractivity contribution in [1.82, 2.24) is 5.32 Å². The van der Waals surface area contributed by atoms with Crippen LogP contribution in [0.25, 0.3) is 0 Å². The van der Waals surface area contributed by atoms with E-state index in [1.165, 1.54) is 51.4 Å². The molecule has 1 amide bonds. The molecule has 0 saturated carbocycles. The summed E-state index contributed by atoms with van der Waals surface area (Å²) in [4.78, 5) is 25.2. The molecule has 10 heteroatoms. The Balaban J connectivity index is 2.43. The maximum atomic E-state index is 12.8. The molecule has 0 aliphatic carbocycles. The number of carbonyl (C=O) groups is 1. The van der Waals surface area contributed by atoms with Gasteiger partial charge in [-0.3, -0.25) is 9.36 Å². The lowest BCUT2D eigenvalue weighted by atomic mass is 10.1. The van der Waals surface area contributed by atoms with Crippen LogP contribution in [0.1, 0.15) is 129 Å². The third-order valence-electron chi connectivity index (χ3n) is 8.60. The van der Waals surface area contributed by atoms with Gasteiger partial charge in [0.05, 0.1) is 52.1 Å². The van der Waals surface area contributed by atoms with Crippen molar-refractivity contribution in [2.75, 3.05) is 40.9 Å². The number of quaternary nitrogens is 1. The molecule has 51 heavy (non-hydrogen) atoms. The Morgan fingerprint density at radius 2 is 1.33 bits per heavy atom. The Morgan fingerprint density at radius 3 is 2.04 bits per heavy atom. The van der Waals surface area contributed by atoms with E-state index in [1.807, 2.05) is 27.2 Å². The second-order valence-corrected chi connectivity index (χ2v) is 16.1. The van der Waals surface area contributed by atoms with Crippen molar-refractivity contribution in [3.63, 3.8) is 0 Å². The molecule has 5 atom stereocenters. The van der Waals surface area contributed by atoms with Crippen LogP contribution in [0.15, 0.2) is 60.8 Å². The van der Waals surface area contributed by atoms with Crippen molar-refractivity contribution >= 4 is 13.7 Å². The summed E-state index contributed by atoms with van der Waals surface area (Å²) in [6.45, 7) is 4.48. The van der Waals surface area contributed by atoms with Gasteiger partial charge in [-0.05, 0) is 70.6 Å². The van der Waals surface area contributed by atoms with E-state index in [0.29, 0.717) is 29.7 Å². The molecule has 1 saturated heterocycles. The van der Waals surface area contributed by atoms with Gasteiger partial charge >= 0.3 is 0 Å². The lowest BCUT2D eigenvalue weighted by Crippen LogP contribution is -2.45. The Labute approximate surface area is 311 Å². The third kappa shape index (κ3) is 29.3. The van der Waals surface area contributed by atoms with Crippen molar-refractivity contribution in [1.29, 1.82) is 0 Å². The van der Waals surface area contributed by atoms with Crippen molar-refractivity contribution in [3.05, 3.63) is 60.8 Å². The number of nitrogens with zero attached hydrogens (tertiary/aromatic N) is 1. The topological polar surface area (TPSA) is 120 Å². The highest BCUT2D eigenvalue weighted by molar-refractivity contribution is 7.45. The second-order valence-electron chi connectivity index (χ2n) is 14.7. The Morgan fingerprint density at radius 1 is 0.784 bits per heavy atom. The van der Waals surface area contributed by atoms with Crippen molar-refractivity contribution in [2.45, 2.75) is 154 Å². The van der Waals surface area contributed by atoms with Gasteiger partial charge in [0.2, 0.25) is 5.91 Å². The lowest BCUT2D eigenvalue weighted by molar-refractivity contribution is -0.870. The number of hydrogen-bond acceptors (Lipinski definition) is 7. The molecule has 0 spiro atoms. The predicted octanol–water partition coefficient (Wildman–Crippen LogP) is 8.65. The van der Waals surface area contributed by atoms with Crippen LogP contribution in [-0.2, 0) is 23.1 Å². The third-order valence-corrected chi connectivity index (χ3v) is 9.57. The molecule has 0 bridgehead atoms. The van der Waals surface area contributed by atoms with Crippen LogP contribution in [0.4, 0.5) is 0 Å². The number of rotatable bonds is 33. The summed E-state index contributed by atoms with van der Waals surface area (Å²) in [6, 6.07) is -0.936. The van der Waals surface area contributed by atoms with Gasteiger partial charge in [0.1, 0.15) is 13.2 Å². The van der Waals surface area contributed by atoms with Gasteiger partial charge in [-0.15, -0.1) is 0 Å². The molecule has 1 heterocycles. The van der Waals surface area contributed by atoms with Crippen LogP contribution in [0.2, 0.25) is 0 Å². The largest absolute Gasteiger partial charge is 0.756 e. The first-order chi connectivity index (χ1) is 24.5. The van der Waals surface area contributed by atoms with Gasteiger partial charge in [-0.1, -0.05) is 113 Å². The molecule has 294 valence electrons. The number of phosphoric acid groups is 1. The lowest BCUT2D eigenvalue weighted by Gasteiger charge is -2.29. The van der Waals surface area contributed by atoms with Gasteiger partial charge in [-0.25, -0.2) is 0 Å². The summed E-state index contributed by atoms with van der Waals surface area (Å²) in [7, 11) is 1.19. The summed E-state index contributed by atoms with van der Waals surface area (Å²) in [5, 5.41) is 13.6. The molecule has 1 rings (SSSR count). The predicted molar refractivity (Wildman–Crippen MR) is 209 cm³/mol. The minimum atomic E-state index is -4.61. The molecule has 3 unspecified atom stereocenters. The Bertz CT molecular complexity index is 1080. The fourth-order valence-corrected chi connectivity index (χ4v) is 5.98. The van der Waals surface area contributed by atoms with Crippen LogP contribution < -0.4 is 10.2 Å². The first-order valence-electron chi connectivity index (χ1n) is 19.8. The first-order valence-corrected chi connectivity index (χ1v) is 21.2. The molecule has 9 nitrogen and oxygen atoms in total. The zero-order chi connectivity index (χ0) is 37.6. The van der Waals surface area contributed by atoms with Crippen molar-refractivity contribution < 1.29 is 37.6 Å². The maximum Gasteiger partial charge on any atom is 0.268 e. The molecule has 2 N–H and O–H groups in total. The molecule has 0 aromatic rings. The zero-order valence-corrected chi connectivity index (χ0v) is 33.6. The minimum absolute atomic E-state index is 0.0220. The second kappa shape index (κ2) is 29.6. The highest BCUT2D eigenvalue weighted by Gasteiger charge is 2.36. The van der Waals surface area contributed by atoms with Gasteiger partial charge in [-0.2, -0.15) is 0 Å². The first kappa shape index (κ1) is 47.2. The van der Waals surface area contributed by atoms with E-state index in [2.05, 4.69) is 67.8 Å². The normalized spacial score (nSPS) is 19.2. The smallest absolute Gasteiger partial charge is 0.268 e. The molecule has 0 radical (unpaired) electrons. The number of likely N-dealkylation sites (N-methyl/N-ethyl adjacent to an activating group) is 1. The summed E-state index contributed by atoms with van der Waals surface area (Å²) < 4.78 is 28.8. The quantitative estimate of drug-likeness (QED) is 0.0228. The monoisotopic (exact) mass is 737 g/mol. The molecule has 0 aromatic heterocycles. The van der Waals surface area contributed by atoms with E-state index in [1.54, 1.807) is 6.08 Å². The molecule has 1 aliphatic rings. The van der Waals surface area contributed by atoms with E-state index >= 15 is 0 Å². The average Bonchev–Trinajstić information content (AvgIpc) is 3.83. The minimum Gasteiger partial charge on any atom is -0.756 e. The highest BCUT2D eigenvalue weighted by Crippen LogP contribution is 2.38. The number of ether oxygens (including phenoxy) is 1. The number of amides is 1. The number of aliphatic hydroxyl groups excluding tert-OH is 1. The molecular weight excluding hydrogens is 663 g/mol. The van der Waals surface area contributed by atoms with Crippen LogP contribution in [0.3, 0.4) is 0 Å². The molecule has 1 fully saturated rings. The number of phosphoric ester groups is 1. The zero-order valence-electron chi connectivity index (χ0n) is 32.7. The Kier molecular flexibility index (Phi) is 27.4. The van der Waals surface area contributed by atoms with Crippen LogP contribution in [0, 0.1) is 0 Å². The van der Waals surface area contributed by atoms with Crippen LogP contribution in [-0.4, -0.2) is 80.8 Å². The summed E-state index contributed by atoms with van der Waals surface area (Å²) in [6.07, 6.45) is 38.8. The number of epoxide rings is 1. The van der Waals surface area contributed by atoms with E-state index < -0.39 is 26.6 Å². The highest BCUT2D eigenvalue weighted by atomic mass is 31.2.